The second-order valence-corrected chi connectivity index (χ2v) is 7.82. The average Bonchev–Trinajstić information content (AvgIpc) is 3.17. The Morgan fingerprint density at radius 1 is 1.40 bits per heavy atom. The number of carbonyl (C=O) groups is 6. The van der Waals surface area contributed by atoms with Crippen LogP contribution in [0.25, 0.3) is 0 Å². The average molecular weight is 455 g/mol. The summed E-state index contributed by atoms with van der Waals surface area (Å²) in [6.45, 7) is -0.392. The first-order valence-electron chi connectivity index (χ1n) is 8.07. The monoisotopic (exact) mass is 455 g/mol. The molecule has 0 bridgehead atoms. The van der Waals surface area contributed by atoms with Crippen molar-refractivity contribution < 1.29 is 38.6 Å². The highest BCUT2D eigenvalue weighted by Crippen LogP contribution is 2.40. The van der Waals surface area contributed by atoms with Gasteiger partial charge in [-0.05, 0) is 0 Å². The molecule has 1 aromatic rings. The van der Waals surface area contributed by atoms with Gasteiger partial charge >= 0.3 is 12.1 Å². The Hall–Kier alpha value is -3.46. The third kappa shape index (κ3) is 3.97. The van der Waals surface area contributed by atoms with E-state index < -0.39 is 47.7 Å². The van der Waals surface area contributed by atoms with Gasteiger partial charge in [-0.2, -0.15) is 0 Å². The first kappa shape index (κ1) is 21.3. The lowest BCUT2D eigenvalue weighted by atomic mass is 10.0. The number of Topliss-reactive ketones (excluding diaryl/α,β-unsaturated/α-hetero) is 1. The molecule has 2 aliphatic heterocycles. The van der Waals surface area contributed by atoms with Gasteiger partial charge in [0.1, 0.15) is 29.4 Å². The number of primary amides is 1. The third-order valence-electron chi connectivity index (χ3n) is 4.05. The number of carbonyl (C=O) groups excluding carboxylic acids is 5. The van der Waals surface area contributed by atoms with Crippen LogP contribution < -0.4 is 16.4 Å². The lowest BCUT2D eigenvalue weighted by molar-refractivity contribution is -0.150. The number of hydrogen-bond acceptors (Lipinski definition) is 10. The second kappa shape index (κ2) is 8.50. The summed E-state index contributed by atoms with van der Waals surface area (Å²) >= 11 is 2.07. The minimum atomic E-state index is -1.41. The maximum Gasteiger partial charge on any atom is 0.404 e. The van der Waals surface area contributed by atoms with E-state index in [4.69, 9.17) is 5.73 Å². The van der Waals surface area contributed by atoms with Crippen LogP contribution in [0.3, 0.4) is 0 Å². The number of fused-ring (bicyclic) bond motifs is 1. The number of amides is 4. The van der Waals surface area contributed by atoms with Gasteiger partial charge in [-0.3, -0.25) is 24.1 Å². The highest BCUT2D eigenvalue weighted by atomic mass is 32.2. The molecule has 5 N–H and O–H groups in total. The minimum Gasteiger partial charge on any atom is -0.477 e. The number of β-lactam (4-membered cyclic amide) rings is 1. The van der Waals surface area contributed by atoms with Crippen molar-refractivity contribution in [1.82, 2.24) is 15.2 Å². The number of carboxylic acids is 1. The molecular weight excluding hydrogens is 442 g/mol. The number of aromatic nitrogens is 1. The topological polar surface area (TPSA) is 198 Å². The first-order valence-corrected chi connectivity index (χ1v) is 10.0. The van der Waals surface area contributed by atoms with Crippen LogP contribution in [-0.4, -0.2) is 74.8 Å². The van der Waals surface area contributed by atoms with E-state index in [-0.39, 0.29) is 27.8 Å². The molecule has 0 aromatic carbocycles. The van der Waals surface area contributed by atoms with Gasteiger partial charge in [0.15, 0.2) is 5.13 Å². The van der Waals surface area contributed by atoms with Crippen LogP contribution in [-0.2, 0) is 23.9 Å². The molecule has 15 heteroatoms. The fourth-order valence-electron chi connectivity index (χ4n) is 2.77. The molecule has 0 aliphatic carbocycles. The first-order chi connectivity index (χ1) is 14.2. The van der Waals surface area contributed by atoms with E-state index in [1.807, 2.05) is 0 Å². The molecular formula is C15H13N5O8S2. The van der Waals surface area contributed by atoms with Gasteiger partial charge in [0, 0.05) is 16.7 Å². The Labute approximate surface area is 175 Å². The molecule has 30 heavy (non-hydrogen) atoms. The van der Waals surface area contributed by atoms with Gasteiger partial charge in [-0.15, -0.1) is 23.1 Å². The van der Waals surface area contributed by atoms with E-state index in [0.29, 0.717) is 6.41 Å². The molecule has 3 rings (SSSR count). The van der Waals surface area contributed by atoms with Gasteiger partial charge in [0.25, 0.3) is 17.6 Å². The van der Waals surface area contributed by atoms with Crippen LogP contribution in [0.15, 0.2) is 16.7 Å². The van der Waals surface area contributed by atoms with Gasteiger partial charge in [-0.1, -0.05) is 0 Å². The lowest BCUT2D eigenvalue weighted by Crippen LogP contribution is -2.71. The zero-order valence-corrected chi connectivity index (χ0v) is 16.4. The molecule has 4 amide bonds. The van der Waals surface area contributed by atoms with Crippen molar-refractivity contribution >= 4 is 64.3 Å². The maximum atomic E-state index is 12.5. The van der Waals surface area contributed by atoms with Crippen LogP contribution in [0.1, 0.15) is 10.5 Å². The number of aliphatic carboxylic acids is 1. The predicted octanol–water partition coefficient (Wildman–Crippen LogP) is -1.27. The van der Waals surface area contributed by atoms with Gasteiger partial charge in [0.05, 0.1) is 0 Å². The smallest absolute Gasteiger partial charge is 0.404 e. The Balaban J connectivity index is 1.70. The van der Waals surface area contributed by atoms with E-state index in [2.05, 4.69) is 20.4 Å². The number of ketones is 1. The summed E-state index contributed by atoms with van der Waals surface area (Å²) in [6.07, 6.45) is -0.725. The van der Waals surface area contributed by atoms with Crippen molar-refractivity contribution in [3.05, 3.63) is 22.3 Å². The SMILES string of the molecule is NC(=O)OCC1=C(C(=O)O)N2C(=O)C(NC(=O)C(=O)c3csc(NC=O)n3)[C@H]2SC1. The van der Waals surface area contributed by atoms with Gasteiger partial charge < -0.3 is 26.2 Å². The largest absolute Gasteiger partial charge is 0.477 e. The predicted molar refractivity (Wildman–Crippen MR) is 101 cm³/mol. The molecule has 13 nitrogen and oxygen atoms in total. The Bertz CT molecular complexity index is 989. The summed E-state index contributed by atoms with van der Waals surface area (Å²) in [4.78, 5) is 74.4. The van der Waals surface area contributed by atoms with Crippen LogP contribution in [0, 0.1) is 0 Å². The molecule has 2 atom stereocenters. The van der Waals surface area contributed by atoms with Crippen molar-refractivity contribution in [1.29, 1.82) is 0 Å². The number of thiazole rings is 1. The number of nitrogens with two attached hydrogens (primary N) is 1. The Kier molecular flexibility index (Phi) is 6.02. The standard InChI is InChI=1S/C15H13N5O8S2/c16-14(27)28-1-5-2-29-12-7(11(24)20(12)8(5)13(25)26)19-10(23)9(22)6-3-30-15(18-6)17-4-21/h3-4,7,12H,1-2H2,(H2,16,27)(H,19,23)(H,25,26)(H,17,18,21)/t7?,12-/m1/s1. The quantitative estimate of drug-likeness (QED) is 0.159. The number of nitrogens with zero attached hydrogens (tertiary/aromatic N) is 2. The zero-order chi connectivity index (χ0) is 22.0. The molecule has 1 saturated heterocycles. The molecule has 0 radical (unpaired) electrons. The molecule has 2 aliphatic rings. The maximum absolute atomic E-state index is 12.5. The molecule has 0 spiro atoms. The van der Waals surface area contributed by atoms with Gasteiger partial charge in [-0.25, -0.2) is 14.6 Å². The highest BCUT2D eigenvalue weighted by molar-refractivity contribution is 8.00. The lowest BCUT2D eigenvalue weighted by Gasteiger charge is -2.49. The number of nitrogens with one attached hydrogen (secondary N) is 2. The Morgan fingerprint density at radius 2 is 2.13 bits per heavy atom. The number of ether oxygens (including phenoxy) is 1. The zero-order valence-electron chi connectivity index (χ0n) is 14.8. The van der Waals surface area contributed by atoms with Crippen LogP contribution in [0.2, 0.25) is 0 Å². The summed E-state index contributed by atoms with van der Waals surface area (Å²) in [5, 5.41) is 14.6. The second-order valence-electron chi connectivity index (χ2n) is 5.86. The number of hydrogen-bond donors (Lipinski definition) is 4. The molecule has 1 fully saturated rings. The van der Waals surface area contributed by atoms with Crippen LogP contribution >= 0.6 is 23.1 Å². The highest BCUT2D eigenvalue weighted by Gasteiger charge is 2.54. The molecule has 158 valence electrons. The summed E-state index contributed by atoms with van der Waals surface area (Å²) in [5.41, 5.74) is 4.49. The van der Waals surface area contributed by atoms with Crippen molar-refractivity contribution in [2.45, 2.75) is 11.4 Å². The summed E-state index contributed by atoms with van der Waals surface area (Å²) in [6, 6.07) is -1.12. The number of anilines is 1. The third-order valence-corrected chi connectivity index (χ3v) is 6.16. The van der Waals surface area contributed by atoms with E-state index in [9.17, 15) is 33.9 Å². The molecule has 1 unspecified atom stereocenters. The van der Waals surface area contributed by atoms with E-state index in [0.717, 1.165) is 28.0 Å². The van der Waals surface area contributed by atoms with Crippen molar-refractivity contribution in [3.63, 3.8) is 0 Å². The molecule has 3 heterocycles. The van der Waals surface area contributed by atoms with Crippen LogP contribution in [0.4, 0.5) is 9.93 Å². The number of carboxylic acid groups (broad SMARTS) is 1. The van der Waals surface area contributed by atoms with Crippen molar-refractivity contribution in [3.8, 4) is 0 Å². The van der Waals surface area contributed by atoms with Crippen LogP contribution in [0.5, 0.6) is 0 Å². The summed E-state index contributed by atoms with van der Waals surface area (Å²) < 4.78 is 4.61. The summed E-state index contributed by atoms with van der Waals surface area (Å²) in [7, 11) is 0. The molecule has 1 aromatic heterocycles. The minimum absolute atomic E-state index is 0.108. The Morgan fingerprint density at radius 3 is 2.77 bits per heavy atom. The fourth-order valence-corrected chi connectivity index (χ4v) is 4.75. The van der Waals surface area contributed by atoms with E-state index in [1.54, 1.807) is 0 Å². The van der Waals surface area contributed by atoms with Crippen molar-refractivity contribution in [2.75, 3.05) is 17.7 Å². The molecule has 0 saturated carbocycles. The van der Waals surface area contributed by atoms with E-state index >= 15 is 0 Å². The van der Waals surface area contributed by atoms with Gasteiger partial charge in [0.2, 0.25) is 6.41 Å². The fraction of sp³-hybridized carbons (Fsp3) is 0.267. The summed E-state index contributed by atoms with van der Waals surface area (Å²) in [5.74, 6) is -4.14. The van der Waals surface area contributed by atoms with E-state index in [1.165, 1.54) is 5.38 Å². The normalized spacial score (nSPS) is 20.0. The van der Waals surface area contributed by atoms with Crippen molar-refractivity contribution in [2.24, 2.45) is 5.73 Å². The number of rotatable bonds is 8. The number of thioether (sulfide) groups is 1.